The molecule has 15 heteroatoms. The smallest absolute Gasteiger partial charge is 0.256 e. The number of fused-ring (bicyclic) bond motifs is 3. The topological polar surface area (TPSA) is 176 Å². The van der Waals surface area contributed by atoms with E-state index in [1.54, 1.807) is 17.2 Å². The first-order valence-electron chi connectivity index (χ1n) is 22.0. The van der Waals surface area contributed by atoms with Crippen LogP contribution in [-0.2, 0) is 16.1 Å². The Morgan fingerprint density at radius 1 is 1.05 bits per heavy atom. The van der Waals surface area contributed by atoms with E-state index in [1.807, 2.05) is 37.3 Å². The molecule has 3 aromatic rings. The normalized spacial score (nSPS) is 22.9. The third-order valence-corrected chi connectivity index (χ3v) is 13.4. The van der Waals surface area contributed by atoms with Gasteiger partial charge in [0.15, 0.2) is 0 Å². The van der Waals surface area contributed by atoms with Gasteiger partial charge < -0.3 is 36.4 Å². The molecule has 4 unspecified atom stereocenters. The summed E-state index contributed by atoms with van der Waals surface area (Å²) in [6, 6.07) is 13.9. The van der Waals surface area contributed by atoms with Crippen molar-refractivity contribution in [3.05, 3.63) is 89.9 Å². The van der Waals surface area contributed by atoms with Crippen LogP contribution < -0.4 is 36.8 Å². The predicted molar refractivity (Wildman–Crippen MR) is 237 cm³/mol. The minimum Gasteiger partial charge on any atom is -0.385 e. The van der Waals surface area contributed by atoms with Crippen LogP contribution in [0.15, 0.2) is 73.2 Å². The minimum atomic E-state index is -0.661. The highest BCUT2D eigenvalue weighted by atomic mass is 16.2. The number of carbonyl (C=O) groups is 4. The fourth-order valence-corrected chi connectivity index (χ4v) is 10.1. The van der Waals surface area contributed by atoms with Crippen LogP contribution >= 0.6 is 0 Å². The average molecular weight is 830 g/mol. The number of imide groups is 1. The van der Waals surface area contributed by atoms with Gasteiger partial charge in [0.05, 0.1) is 0 Å². The lowest BCUT2D eigenvalue weighted by molar-refractivity contribution is -0.129. The fraction of sp³-hybridized carbons (Fsp3) is 0.478. The lowest BCUT2D eigenvalue weighted by Gasteiger charge is -2.56. The molecule has 10 rings (SSSR count). The third kappa shape index (κ3) is 8.79. The van der Waals surface area contributed by atoms with Crippen LogP contribution in [0.5, 0.6) is 0 Å². The molecule has 5 atom stereocenters. The van der Waals surface area contributed by atoms with Crippen molar-refractivity contribution < 1.29 is 19.2 Å². The van der Waals surface area contributed by atoms with Crippen molar-refractivity contribution in [1.82, 2.24) is 35.7 Å². The number of unbranched alkanes of at least 4 members (excludes halogenated alkanes) is 2. The standard InChI is InChI=1S/C46H59N11O4/c1-4-9-38(43(60)50-29-58)57-28-30-25-32(12-15-34(30)44(57)61)47-19-7-6-8-20-55-21-23-56(24-22-55)33-13-10-31(11-14-33)51-45-49-27-36(42(59)48-18-5-2)41(54-45)53-39-26-37-35-16-17-46(37,3)40(35)52-39/h5,10-15,25-27,29,35,37-38,40,47,52H,2,4,6-9,16-24,28H2,1,3H3,(H,48,59)(H,50,58,60)(H2,49,51,53,54)/t35?,37-,38?,40?,46?/m0/s1. The first-order chi connectivity index (χ1) is 29.7. The number of nitrogens with one attached hydrogen (secondary N) is 6. The number of anilines is 5. The summed E-state index contributed by atoms with van der Waals surface area (Å²) in [6.07, 6.45) is 12.9. The van der Waals surface area contributed by atoms with Crippen LogP contribution in [0.2, 0.25) is 0 Å². The molecule has 61 heavy (non-hydrogen) atoms. The van der Waals surface area contributed by atoms with E-state index in [2.05, 4.69) is 78.4 Å². The van der Waals surface area contributed by atoms with Crippen molar-refractivity contribution >= 4 is 53.0 Å². The van der Waals surface area contributed by atoms with Crippen LogP contribution in [0.25, 0.3) is 0 Å². The van der Waals surface area contributed by atoms with E-state index in [4.69, 9.17) is 4.98 Å². The Morgan fingerprint density at radius 3 is 2.56 bits per heavy atom. The quantitative estimate of drug-likeness (QED) is 0.0499. The summed E-state index contributed by atoms with van der Waals surface area (Å²) >= 11 is 0. The van der Waals surface area contributed by atoms with E-state index >= 15 is 0 Å². The summed E-state index contributed by atoms with van der Waals surface area (Å²) in [7, 11) is 0. The Hall–Kier alpha value is -5.96. The lowest BCUT2D eigenvalue weighted by Crippen LogP contribution is -2.62. The number of hydrogen-bond acceptors (Lipinski definition) is 12. The van der Waals surface area contributed by atoms with E-state index in [0.29, 0.717) is 72.1 Å². The minimum absolute atomic E-state index is 0.167. The van der Waals surface area contributed by atoms with Crippen molar-refractivity contribution in [1.29, 1.82) is 0 Å². The Kier molecular flexibility index (Phi) is 12.6. The van der Waals surface area contributed by atoms with Gasteiger partial charge >= 0.3 is 0 Å². The summed E-state index contributed by atoms with van der Waals surface area (Å²) in [5.74, 6) is 2.14. The zero-order valence-corrected chi connectivity index (χ0v) is 35.3. The van der Waals surface area contributed by atoms with Gasteiger partial charge in [0.2, 0.25) is 18.3 Å². The maximum Gasteiger partial charge on any atom is 0.256 e. The Morgan fingerprint density at radius 2 is 1.85 bits per heavy atom. The second-order valence-electron chi connectivity index (χ2n) is 17.2. The Bertz CT molecular complexity index is 2150. The molecule has 3 aliphatic carbocycles. The molecule has 6 N–H and O–H groups in total. The SMILES string of the molecule is C=CCNC(=O)c1cnc(Nc2ccc(N3CCN(CCCCCNc4ccc5c(c4)CN(C(CCC)C(=O)NC=O)C5=O)CC3)cc2)nc1NC1=C[C@H]2C3CCC2(C)C3N1. The average Bonchev–Trinajstić information content (AvgIpc) is 3.92. The van der Waals surface area contributed by atoms with Crippen LogP contribution in [0, 0.1) is 17.3 Å². The summed E-state index contributed by atoms with van der Waals surface area (Å²) < 4.78 is 0. The lowest BCUT2D eigenvalue weighted by atomic mass is 9.55. The summed E-state index contributed by atoms with van der Waals surface area (Å²) in [6.45, 7) is 14.6. The van der Waals surface area contributed by atoms with Crippen LogP contribution in [0.3, 0.4) is 0 Å². The molecule has 3 saturated carbocycles. The van der Waals surface area contributed by atoms with Crippen LogP contribution in [0.1, 0.15) is 85.1 Å². The van der Waals surface area contributed by atoms with Crippen molar-refractivity contribution in [3.63, 3.8) is 0 Å². The van der Waals surface area contributed by atoms with Crippen molar-refractivity contribution in [2.75, 3.05) is 66.7 Å². The van der Waals surface area contributed by atoms with E-state index in [0.717, 1.165) is 87.7 Å². The van der Waals surface area contributed by atoms with E-state index in [-0.39, 0.29) is 11.8 Å². The molecule has 4 bridgehead atoms. The first-order valence-corrected chi connectivity index (χ1v) is 22.0. The molecule has 322 valence electrons. The van der Waals surface area contributed by atoms with Gasteiger partial charge in [-0.2, -0.15) is 4.98 Å². The van der Waals surface area contributed by atoms with Crippen molar-refractivity contribution in [2.45, 2.75) is 77.4 Å². The largest absolute Gasteiger partial charge is 0.385 e. The van der Waals surface area contributed by atoms with Gasteiger partial charge in [-0.15, -0.1) is 6.58 Å². The van der Waals surface area contributed by atoms with Gasteiger partial charge in [0.25, 0.3) is 11.8 Å². The van der Waals surface area contributed by atoms with E-state index < -0.39 is 11.9 Å². The van der Waals surface area contributed by atoms with Crippen molar-refractivity contribution in [3.8, 4) is 0 Å². The highest BCUT2D eigenvalue weighted by Crippen LogP contribution is 2.65. The zero-order chi connectivity index (χ0) is 42.5. The molecule has 15 nitrogen and oxygen atoms in total. The molecule has 4 fully saturated rings. The second-order valence-corrected chi connectivity index (χ2v) is 17.2. The Labute approximate surface area is 358 Å². The van der Waals surface area contributed by atoms with Gasteiger partial charge in [-0.1, -0.05) is 32.8 Å². The summed E-state index contributed by atoms with van der Waals surface area (Å²) in [4.78, 5) is 65.3. The number of carbonyl (C=O) groups excluding carboxylic acids is 4. The second kappa shape index (κ2) is 18.3. The molecule has 4 amide bonds. The third-order valence-electron chi connectivity index (χ3n) is 13.4. The molecule has 0 spiro atoms. The molecule has 1 aromatic heterocycles. The highest BCUT2D eigenvalue weighted by molar-refractivity contribution is 6.02. The van der Waals surface area contributed by atoms with Gasteiger partial charge in [-0.3, -0.25) is 29.4 Å². The number of rotatable bonds is 20. The van der Waals surface area contributed by atoms with E-state index in [1.165, 1.54) is 18.5 Å². The zero-order valence-electron chi connectivity index (χ0n) is 35.3. The number of nitrogens with zero attached hydrogens (tertiary/aromatic N) is 5. The Balaban J connectivity index is 0.763. The molecule has 5 heterocycles. The summed E-state index contributed by atoms with van der Waals surface area (Å²) in [5, 5.41) is 19.0. The molecule has 0 radical (unpaired) electrons. The number of allylic oxidation sites excluding steroid dienone is 1. The maximum atomic E-state index is 13.1. The van der Waals surface area contributed by atoms with Crippen molar-refractivity contribution in [2.24, 2.45) is 17.3 Å². The fourth-order valence-electron chi connectivity index (χ4n) is 10.1. The summed E-state index contributed by atoms with van der Waals surface area (Å²) in [5.41, 5.74) is 5.22. The van der Waals surface area contributed by atoms with Crippen LogP contribution in [0.4, 0.5) is 28.8 Å². The van der Waals surface area contributed by atoms with Gasteiger partial charge in [0, 0.05) is 80.7 Å². The number of amides is 4. The van der Waals surface area contributed by atoms with Crippen LogP contribution in [-0.4, -0.2) is 102 Å². The number of piperazine rings is 1. The monoisotopic (exact) mass is 829 g/mol. The molecule has 1 saturated heterocycles. The predicted octanol–water partition coefficient (Wildman–Crippen LogP) is 5.21. The van der Waals surface area contributed by atoms with Gasteiger partial charge in [-0.25, -0.2) is 4.98 Å². The molecule has 7 aliphatic rings. The van der Waals surface area contributed by atoms with E-state index in [9.17, 15) is 19.2 Å². The molecular weight excluding hydrogens is 771 g/mol. The number of aromatic nitrogens is 2. The molecule has 4 aliphatic heterocycles. The number of benzene rings is 2. The highest BCUT2D eigenvalue weighted by Gasteiger charge is 2.65. The first kappa shape index (κ1) is 41.8. The number of hydrogen-bond donors (Lipinski definition) is 6. The van der Waals surface area contributed by atoms with Gasteiger partial charge in [0.1, 0.15) is 23.2 Å². The molecule has 2 aromatic carbocycles. The van der Waals surface area contributed by atoms with Gasteiger partial charge in [-0.05, 0) is 110 Å². The maximum absolute atomic E-state index is 13.1. The molecular formula is C46H59N11O4.